The quantitative estimate of drug-likeness (QED) is 0.709. The zero-order valence-electron chi connectivity index (χ0n) is 15.4. The van der Waals surface area contributed by atoms with Crippen LogP contribution in [0.3, 0.4) is 0 Å². The average molecular weight is 380 g/mol. The summed E-state index contributed by atoms with van der Waals surface area (Å²) in [5, 5.41) is 5.44. The SMILES string of the molecule is COCCCOC1CN(C(=O)Nc2ccc(F)c(N3CCCNC3=O)c2)C1. The van der Waals surface area contributed by atoms with Gasteiger partial charge in [-0.2, -0.15) is 0 Å². The molecule has 0 radical (unpaired) electrons. The van der Waals surface area contributed by atoms with Crippen molar-refractivity contribution in [2.24, 2.45) is 0 Å². The van der Waals surface area contributed by atoms with Crippen LogP contribution >= 0.6 is 0 Å². The Balaban J connectivity index is 1.52. The Kier molecular flexibility index (Phi) is 6.46. The zero-order chi connectivity index (χ0) is 19.2. The van der Waals surface area contributed by atoms with Gasteiger partial charge in [-0.1, -0.05) is 0 Å². The molecule has 4 amide bonds. The molecule has 0 spiro atoms. The third kappa shape index (κ3) is 4.86. The van der Waals surface area contributed by atoms with Gasteiger partial charge in [-0.25, -0.2) is 14.0 Å². The number of hydrogen-bond donors (Lipinski definition) is 2. The molecular weight excluding hydrogens is 355 g/mol. The molecule has 2 heterocycles. The van der Waals surface area contributed by atoms with Crippen molar-refractivity contribution in [2.75, 3.05) is 56.7 Å². The largest absolute Gasteiger partial charge is 0.385 e. The molecule has 1 aromatic rings. The second kappa shape index (κ2) is 9.01. The van der Waals surface area contributed by atoms with E-state index >= 15 is 0 Å². The number of carbonyl (C=O) groups excluding carboxylic acids is 2. The van der Waals surface area contributed by atoms with Crippen LogP contribution < -0.4 is 15.5 Å². The van der Waals surface area contributed by atoms with E-state index in [2.05, 4.69) is 10.6 Å². The molecule has 1 aromatic carbocycles. The third-order valence-corrected chi connectivity index (χ3v) is 4.55. The van der Waals surface area contributed by atoms with Crippen LogP contribution in [0.15, 0.2) is 18.2 Å². The Labute approximate surface area is 157 Å². The predicted octanol–water partition coefficient (Wildman–Crippen LogP) is 2.01. The molecule has 2 aliphatic rings. The molecular formula is C18H25FN4O4. The fourth-order valence-electron chi connectivity index (χ4n) is 3.02. The molecule has 2 N–H and O–H groups in total. The van der Waals surface area contributed by atoms with Gasteiger partial charge in [0.05, 0.1) is 24.9 Å². The summed E-state index contributed by atoms with van der Waals surface area (Å²) in [6.45, 7) is 3.31. The molecule has 0 unspecified atom stereocenters. The first-order valence-electron chi connectivity index (χ1n) is 9.10. The van der Waals surface area contributed by atoms with Crippen molar-refractivity contribution in [3.05, 3.63) is 24.0 Å². The fourth-order valence-corrected chi connectivity index (χ4v) is 3.02. The van der Waals surface area contributed by atoms with Crippen LogP contribution in [-0.4, -0.2) is 69.6 Å². The van der Waals surface area contributed by atoms with Crippen LogP contribution in [0.2, 0.25) is 0 Å². The Morgan fingerprint density at radius 3 is 2.93 bits per heavy atom. The minimum atomic E-state index is -0.501. The number of anilines is 2. The van der Waals surface area contributed by atoms with E-state index in [4.69, 9.17) is 9.47 Å². The van der Waals surface area contributed by atoms with Crippen molar-refractivity contribution in [1.82, 2.24) is 10.2 Å². The number of nitrogens with zero attached hydrogens (tertiary/aromatic N) is 2. The lowest BCUT2D eigenvalue weighted by Gasteiger charge is -2.38. The second-order valence-electron chi connectivity index (χ2n) is 6.58. The number of methoxy groups -OCH3 is 1. The van der Waals surface area contributed by atoms with Gasteiger partial charge in [-0.3, -0.25) is 4.90 Å². The number of amides is 4. The minimum Gasteiger partial charge on any atom is -0.385 e. The average Bonchev–Trinajstić information content (AvgIpc) is 2.62. The molecule has 9 heteroatoms. The summed E-state index contributed by atoms with van der Waals surface area (Å²) in [4.78, 5) is 27.2. The van der Waals surface area contributed by atoms with Gasteiger partial charge in [0.1, 0.15) is 5.82 Å². The summed E-state index contributed by atoms with van der Waals surface area (Å²) < 4.78 is 24.7. The molecule has 2 saturated heterocycles. The molecule has 0 bridgehead atoms. The highest BCUT2D eigenvalue weighted by Gasteiger charge is 2.31. The van der Waals surface area contributed by atoms with E-state index in [1.54, 1.807) is 12.0 Å². The van der Waals surface area contributed by atoms with E-state index in [1.165, 1.54) is 23.1 Å². The highest BCUT2D eigenvalue weighted by molar-refractivity contribution is 5.95. The Bertz CT molecular complexity index is 681. The zero-order valence-corrected chi connectivity index (χ0v) is 15.4. The lowest BCUT2D eigenvalue weighted by atomic mass is 10.2. The monoisotopic (exact) mass is 380 g/mol. The molecule has 0 atom stereocenters. The smallest absolute Gasteiger partial charge is 0.322 e. The van der Waals surface area contributed by atoms with E-state index in [0.717, 1.165) is 12.8 Å². The maximum atomic E-state index is 14.2. The van der Waals surface area contributed by atoms with E-state index in [1.807, 2.05) is 0 Å². The number of benzene rings is 1. The van der Waals surface area contributed by atoms with Crippen molar-refractivity contribution in [1.29, 1.82) is 0 Å². The molecule has 0 aromatic heterocycles. The summed E-state index contributed by atoms with van der Waals surface area (Å²) >= 11 is 0. The summed E-state index contributed by atoms with van der Waals surface area (Å²) in [7, 11) is 1.65. The highest BCUT2D eigenvalue weighted by atomic mass is 19.1. The fraction of sp³-hybridized carbons (Fsp3) is 0.556. The van der Waals surface area contributed by atoms with Gasteiger partial charge in [0.15, 0.2) is 0 Å². The first-order chi connectivity index (χ1) is 13.1. The molecule has 0 aliphatic carbocycles. The van der Waals surface area contributed by atoms with Gasteiger partial charge < -0.3 is 25.0 Å². The molecule has 2 aliphatic heterocycles. The molecule has 0 saturated carbocycles. The van der Waals surface area contributed by atoms with E-state index in [9.17, 15) is 14.0 Å². The van der Waals surface area contributed by atoms with Crippen LogP contribution in [0, 0.1) is 5.82 Å². The van der Waals surface area contributed by atoms with E-state index < -0.39 is 5.82 Å². The van der Waals surface area contributed by atoms with Crippen molar-refractivity contribution >= 4 is 23.4 Å². The third-order valence-electron chi connectivity index (χ3n) is 4.55. The van der Waals surface area contributed by atoms with Crippen molar-refractivity contribution < 1.29 is 23.5 Å². The first kappa shape index (κ1) is 19.4. The lowest BCUT2D eigenvalue weighted by Crippen LogP contribution is -2.56. The molecule has 148 valence electrons. The number of hydrogen-bond acceptors (Lipinski definition) is 4. The topological polar surface area (TPSA) is 83.1 Å². The van der Waals surface area contributed by atoms with Crippen LogP contribution in [0.4, 0.5) is 25.4 Å². The van der Waals surface area contributed by atoms with E-state index in [0.29, 0.717) is 45.1 Å². The molecule has 8 nitrogen and oxygen atoms in total. The number of rotatable bonds is 7. The second-order valence-corrected chi connectivity index (χ2v) is 6.58. The van der Waals surface area contributed by atoms with Crippen LogP contribution in [0.1, 0.15) is 12.8 Å². The highest BCUT2D eigenvalue weighted by Crippen LogP contribution is 2.26. The molecule has 3 rings (SSSR count). The normalized spacial score (nSPS) is 17.5. The van der Waals surface area contributed by atoms with E-state index in [-0.39, 0.29) is 23.9 Å². The summed E-state index contributed by atoms with van der Waals surface area (Å²) in [5.41, 5.74) is 0.604. The molecule has 27 heavy (non-hydrogen) atoms. The Hall–Kier alpha value is -2.39. The number of nitrogens with one attached hydrogen (secondary N) is 2. The van der Waals surface area contributed by atoms with Gasteiger partial charge in [0, 0.05) is 39.1 Å². The van der Waals surface area contributed by atoms with Crippen LogP contribution in [-0.2, 0) is 9.47 Å². The van der Waals surface area contributed by atoms with Crippen molar-refractivity contribution in [3.63, 3.8) is 0 Å². The van der Waals surface area contributed by atoms with Gasteiger partial charge in [-0.05, 0) is 31.0 Å². The van der Waals surface area contributed by atoms with Gasteiger partial charge in [0.2, 0.25) is 0 Å². The van der Waals surface area contributed by atoms with Crippen LogP contribution in [0.5, 0.6) is 0 Å². The number of carbonyl (C=O) groups is 2. The number of halogens is 1. The summed E-state index contributed by atoms with van der Waals surface area (Å²) in [6, 6.07) is 3.62. The van der Waals surface area contributed by atoms with Gasteiger partial charge in [0.25, 0.3) is 0 Å². The molecule has 2 fully saturated rings. The lowest BCUT2D eigenvalue weighted by molar-refractivity contribution is -0.0380. The summed E-state index contributed by atoms with van der Waals surface area (Å²) in [6.07, 6.45) is 1.59. The maximum absolute atomic E-state index is 14.2. The number of urea groups is 2. The van der Waals surface area contributed by atoms with Crippen molar-refractivity contribution in [3.8, 4) is 0 Å². The minimum absolute atomic E-state index is 0.0356. The van der Waals surface area contributed by atoms with Crippen LogP contribution in [0.25, 0.3) is 0 Å². The number of likely N-dealkylation sites (tertiary alicyclic amines) is 1. The summed E-state index contributed by atoms with van der Waals surface area (Å²) in [5.74, 6) is -0.501. The number of ether oxygens (including phenoxy) is 2. The first-order valence-corrected chi connectivity index (χ1v) is 9.10. The standard InChI is InChI=1S/C18H25FN4O4/c1-26-8-3-9-27-14-11-22(12-14)18(25)21-13-4-5-15(19)16(10-13)23-7-2-6-20-17(23)24/h4-5,10,14H,2-3,6-9,11-12H2,1H3,(H,20,24)(H,21,25). The maximum Gasteiger partial charge on any atom is 0.322 e. The Morgan fingerprint density at radius 2 is 2.19 bits per heavy atom. The van der Waals surface area contributed by atoms with Gasteiger partial charge in [-0.15, -0.1) is 0 Å². The van der Waals surface area contributed by atoms with Crippen molar-refractivity contribution in [2.45, 2.75) is 18.9 Å². The Morgan fingerprint density at radius 1 is 1.37 bits per heavy atom. The van der Waals surface area contributed by atoms with Gasteiger partial charge >= 0.3 is 12.1 Å². The predicted molar refractivity (Wildman–Crippen MR) is 98.6 cm³/mol.